The number of hydrogen-bond donors (Lipinski definition) is 0. The van der Waals surface area contributed by atoms with E-state index in [0.717, 1.165) is 11.3 Å². The summed E-state index contributed by atoms with van der Waals surface area (Å²) in [5, 5.41) is 10.3. The lowest BCUT2D eigenvalue weighted by Gasteiger charge is -2.37. The van der Waals surface area contributed by atoms with E-state index in [9.17, 15) is 10.1 Å². The topological polar surface area (TPSA) is 56.6 Å². The number of amides is 1. The quantitative estimate of drug-likeness (QED) is 0.788. The number of carbonyl (C=O) groups excluding carboxylic acids is 1. The zero-order chi connectivity index (χ0) is 19.2. The van der Waals surface area contributed by atoms with E-state index in [4.69, 9.17) is 16.3 Å². The van der Waals surface area contributed by atoms with Crippen molar-refractivity contribution in [3.05, 3.63) is 64.7 Å². The molecule has 1 saturated heterocycles. The first-order chi connectivity index (χ1) is 13.1. The highest BCUT2D eigenvalue weighted by Gasteiger charge is 2.27. The van der Waals surface area contributed by atoms with Crippen LogP contribution in [0.5, 0.6) is 5.75 Å². The van der Waals surface area contributed by atoms with Crippen molar-refractivity contribution in [3.63, 3.8) is 0 Å². The fraction of sp³-hybridized carbons (Fsp3) is 0.333. The van der Waals surface area contributed by atoms with E-state index in [1.807, 2.05) is 36.1 Å². The molecule has 6 heteroatoms. The van der Waals surface area contributed by atoms with Gasteiger partial charge in [0.05, 0.1) is 12.7 Å². The van der Waals surface area contributed by atoms with Crippen LogP contribution in [0.15, 0.2) is 48.5 Å². The lowest BCUT2D eigenvalue weighted by molar-refractivity contribution is 0.0606. The van der Waals surface area contributed by atoms with Crippen molar-refractivity contribution in [2.75, 3.05) is 32.8 Å². The lowest BCUT2D eigenvalue weighted by Crippen LogP contribution is -2.49. The number of nitrogens with zero attached hydrogens (tertiary/aromatic N) is 3. The number of carbonyl (C=O) groups is 1. The van der Waals surface area contributed by atoms with E-state index in [1.165, 1.54) is 0 Å². The molecule has 1 aliphatic heterocycles. The summed E-state index contributed by atoms with van der Waals surface area (Å²) in [7, 11) is 0. The van der Waals surface area contributed by atoms with Crippen molar-refractivity contribution in [2.24, 2.45) is 0 Å². The van der Waals surface area contributed by atoms with E-state index < -0.39 is 0 Å². The molecule has 27 heavy (non-hydrogen) atoms. The van der Waals surface area contributed by atoms with Gasteiger partial charge in [0, 0.05) is 36.8 Å². The lowest BCUT2D eigenvalue weighted by atomic mass is 10.1. The number of hydrogen-bond acceptors (Lipinski definition) is 4. The number of halogens is 1. The number of ether oxygens (including phenoxy) is 1. The predicted octanol–water partition coefficient (Wildman–Crippen LogP) is 3.76. The molecule has 0 spiro atoms. The molecule has 2 aromatic rings. The predicted molar refractivity (Wildman–Crippen MR) is 105 cm³/mol. The van der Waals surface area contributed by atoms with Crippen LogP contribution in [0, 0.1) is 11.3 Å². The van der Waals surface area contributed by atoms with Gasteiger partial charge < -0.3 is 9.64 Å². The second-order valence-electron chi connectivity index (χ2n) is 6.37. The van der Waals surface area contributed by atoms with E-state index in [0.29, 0.717) is 43.4 Å². The molecule has 0 aromatic heterocycles. The van der Waals surface area contributed by atoms with Crippen molar-refractivity contribution in [3.8, 4) is 11.8 Å². The van der Waals surface area contributed by atoms with Crippen LogP contribution >= 0.6 is 11.6 Å². The molecule has 5 nitrogen and oxygen atoms in total. The Morgan fingerprint density at radius 3 is 2.30 bits per heavy atom. The first-order valence-electron chi connectivity index (χ1n) is 9.03. The van der Waals surface area contributed by atoms with Gasteiger partial charge in [0.2, 0.25) is 0 Å². The highest BCUT2D eigenvalue weighted by Crippen LogP contribution is 2.24. The third kappa shape index (κ3) is 4.60. The fourth-order valence-electron chi connectivity index (χ4n) is 3.24. The highest BCUT2D eigenvalue weighted by molar-refractivity contribution is 6.30. The Balaban J connectivity index is 1.62. The molecule has 0 bridgehead atoms. The Kier molecular flexibility index (Phi) is 6.33. The maximum absolute atomic E-state index is 12.6. The summed E-state index contributed by atoms with van der Waals surface area (Å²) in [6.07, 6.45) is 0. The van der Waals surface area contributed by atoms with Crippen molar-refractivity contribution >= 4 is 17.5 Å². The smallest absolute Gasteiger partial charge is 0.253 e. The van der Waals surface area contributed by atoms with Crippen molar-refractivity contribution in [1.29, 1.82) is 5.26 Å². The molecule has 3 rings (SSSR count). The number of nitriles is 1. The van der Waals surface area contributed by atoms with Crippen molar-refractivity contribution < 1.29 is 9.53 Å². The van der Waals surface area contributed by atoms with Crippen LogP contribution in [0.2, 0.25) is 5.02 Å². The van der Waals surface area contributed by atoms with E-state index in [-0.39, 0.29) is 11.9 Å². The molecule has 1 unspecified atom stereocenters. The number of piperazine rings is 1. The minimum Gasteiger partial charge on any atom is -0.494 e. The van der Waals surface area contributed by atoms with Gasteiger partial charge in [-0.25, -0.2) is 0 Å². The summed E-state index contributed by atoms with van der Waals surface area (Å²) in [6, 6.07) is 16.7. The van der Waals surface area contributed by atoms with Gasteiger partial charge in [-0.2, -0.15) is 5.26 Å². The molecule has 0 N–H and O–H groups in total. The molecule has 0 aliphatic carbocycles. The summed E-state index contributed by atoms with van der Waals surface area (Å²) in [4.78, 5) is 16.5. The van der Waals surface area contributed by atoms with Crippen LogP contribution in [0.25, 0.3) is 0 Å². The molecule has 140 valence electrons. The van der Waals surface area contributed by atoms with Gasteiger partial charge >= 0.3 is 0 Å². The zero-order valence-electron chi connectivity index (χ0n) is 15.3. The molecule has 1 fully saturated rings. The second kappa shape index (κ2) is 8.90. The Morgan fingerprint density at radius 2 is 1.74 bits per heavy atom. The van der Waals surface area contributed by atoms with Gasteiger partial charge in [0.25, 0.3) is 5.91 Å². The Labute approximate surface area is 164 Å². The summed E-state index contributed by atoms with van der Waals surface area (Å²) in [5.74, 6) is 0.803. The average molecular weight is 384 g/mol. The van der Waals surface area contributed by atoms with Crippen LogP contribution in [0.3, 0.4) is 0 Å². The first-order valence-corrected chi connectivity index (χ1v) is 9.41. The molecule has 1 heterocycles. The van der Waals surface area contributed by atoms with Crippen LogP contribution in [-0.4, -0.2) is 48.5 Å². The summed E-state index contributed by atoms with van der Waals surface area (Å²) >= 11 is 5.89. The molecule has 2 aromatic carbocycles. The number of rotatable bonds is 5. The molecule has 1 atom stereocenters. The van der Waals surface area contributed by atoms with Crippen LogP contribution in [0.1, 0.15) is 28.9 Å². The van der Waals surface area contributed by atoms with E-state index in [2.05, 4.69) is 11.0 Å². The third-order valence-corrected chi connectivity index (χ3v) is 4.94. The Hall–Kier alpha value is -2.55. The minimum absolute atomic E-state index is 0.000826. The third-order valence-electron chi connectivity index (χ3n) is 4.69. The fourth-order valence-corrected chi connectivity index (χ4v) is 3.36. The molecule has 1 amide bonds. The molecule has 0 saturated carbocycles. The van der Waals surface area contributed by atoms with Gasteiger partial charge in [-0.1, -0.05) is 23.7 Å². The molecule has 0 radical (unpaired) electrons. The van der Waals surface area contributed by atoms with Crippen LogP contribution < -0.4 is 4.74 Å². The van der Waals surface area contributed by atoms with Gasteiger partial charge in [-0.3, -0.25) is 9.69 Å². The average Bonchev–Trinajstić information content (AvgIpc) is 2.71. The second-order valence-corrected chi connectivity index (χ2v) is 6.81. The standard InChI is InChI=1S/C21H22ClN3O2/c1-2-27-19-9-5-16(6-10-19)20(15-23)24-11-13-25(14-12-24)21(26)17-3-7-18(22)8-4-17/h3-10,20H,2,11-14H2,1H3. The van der Waals surface area contributed by atoms with Crippen molar-refractivity contribution in [1.82, 2.24) is 9.80 Å². The normalized spacial score (nSPS) is 15.8. The Bertz CT molecular complexity index is 807. The van der Waals surface area contributed by atoms with E-state index in [1.54, 1.807) is 24.3 Å². The zero-order valence-corrected chi connectivity index (χ0v) is 16.0. The van der Waals surface area contributed by atoms with E-state index >= 15 is 0 Å². The summed E-state index contributed by atoms with van der Waals surface area (Å²) in [6.45, 7) is 5.06. The Morgan fingerprint density at radius 1 is 1.11 bits per heavy atom. The van der Waals surface area contributed by atoms with Crippen molar-refractivity contribution in [2.45, 2.75) is 13.0 Å². The monoisotopic (exact) mass is 383 g/mol. The minimum atomic E-state index is -0.325. The molecular formula is C21H22ClN3O2. The summed E-state index contributed by atoms with van der Waals surface area (Å²) in [5.41, 5.74) is 1.58. The highest BCUT2D eigenvalue weighted by atomic mass is 35.5. The largest absolute Gasteiger partial charge is 0.494 e. The molecule has 1 aliphatic rings. The van der Waals surface area contributed by atoms with Gasteiger partial charge in [0.15, 0.2) is 0 Å². The number of benzene rings is 2. The van der Waals surface area contributed by atoms with Gasteiger partial charge in [-0.05, 0) is 48.9 Å². The SMILES string of the molecule is CCOc1ccc(C(C#N)N2CCN(C(=O)c3ccc(Cl)cc3)CC2)cc1. The van der Waals surface area contributed by atoms with Gasteiger partial charge in [-0.15, -0.1) is 0 Å². The van der Waals surface area contributed by atoms with Crippen LogP contribution in [-0.2, 0) is 0 Å². The first kappa shape index (κ1) is 19.2. The maximum atomic E-state index is 12.6. The maximum Gasteiger partial charge on any atom is 0.253 e. The summed E-state index contributed by atoms with van der Waals surface area (Å²) < 4.78 is 5.46. The van der Waals surface area contributed by atoms with Gasteiger partial charge in [0.1, 0.15) is 11.8 Å². The molecular weight excluding hydrogens is 362 g/mol. The van der Waals surface area contributed by atoms with Crippen LogP contribution in [0.4, 0.5) is 0 Å².